The van der Waals surface area contributed by atoms with Gasteiger partial charge in [-0.05, 0) is 23.1 Å². The molecule has 3 aromatic rings. The highest BCUT2D eigenvalue weighted by Crippen LogP contribution is 2.30. The number of imide groups is 1. The molecule has 0 radical (unpaired) electrons. The van der Waals surface area contributed by atoms with E-state index in [9.17, 15) is 14.4 Å². The third-order valence-electron chi connectivity index (χ3n) is 6.60. The van der Waals surface area contributed by atoms with Gasteiger partial charge in [0.2, 0.25) is 5.91 Å². The predicted octanol–water partition coefficient (Wildman–Crippen LogP) is 3.68. The van der Waals surface area contributed by atoms with Crippen molar-refractivity contribution in [2.24, 2.45) is 0 Å². The Labute approximate surface area is 199 Å². The summed E-state index contributed by atoms with van der Waals surface area (Å²) >= 11 is 0. The van der Waals surface area contributed by atoms with Gasteiger partial charge in [0.15, 0.2) is 0 Å². The molecule has 0 spiro atoms. The van der Waals surface area contributed by atoms with Crippen molar-refractivity contribution in [3.8, 4) is 0 Å². The van der Waals surface area contributed by atoms with Crippen molar-refractivity contribution in [2.45, 2.75) is 6.42 Å². The molecule has 5 rings (SSSR count). The van der Waals surface area contributed by atoms with Crippen molar-refractivity contribution in [3.05, 3.63) is 89.5 Å². The van der Waals surface area contributed by atoms with Crippen molar-refractivity contribution in [2.75, 3.05) is 39.3 Å². The van der Waals surface area contributed by atoms with Crippen LogP contribution in [0.4, 0.5) is 0 Å². The number of carbonyl (C=O) groups excluding carboxylic acids is 3. The number of rotatable bonds is 6. The second-order valence-corrected chi connectivity index (χ2v) is 8.72. The van der Waals surface area contributed by atoms with Crippen LogP contribution < -0.4 is 0 Å². The van der Waals surface area contributed by atoms with Gasteiger partial charge in [-0.2, -0.15) is 0 Å². The number of piperazine rings is 1. The molecule has 0 saturated carbocycles. The third-order valence-corrected chi connectivity index (χ3v) is 6.60. The molecular formula is C28H27N3O3. The van der Waals surface area contributed by atoms with Gasteiger partial charge in [-0.15, -0.1) is 0 Å². The number of hydrogen-bond donors (Lipinski definition) is 0. The van der Waals surface area contributed by atoms with Crippen LogP contribution in [0.3, 0.4) is 0 Å². The molecule has 2 heterocycles. The molecular weight excluding hydrogens is 426 g/mol. The Hall–Kier alpha value is -3.77. The standard InChI is InChI=1S/C28H27N3O3/c32-25(30-19-17-29(18-20-30)15-6-9-21-7-2-1-3-8-21)14-16-31-27(33)23-12-4-10-22-11-5-13-24(26(22)23)28(31)34/h1-13H,14-20H2/b9-6+. The Bertz CT molecular complexity index is 1210. The molecule has 6 nitrogen and oxygen atoms in total. The maximum absolute atomic E-state index is 13.0. The average Bonchev–Trinajstić information content (AvgIpc) is 2.88. The van der Waals surface area contributed by atoms with E-state index < -0.39 is 0 Å². The van der Waals surface area contributed by atoms with Crippen LogP contribution >= 0.6 is 0 Å². The van der Waals surface area contributed by atoms with Crippen LogP contribution in [0.15, 0.2) is 72.8 Å². The lowest BCUT2D eigenvalue weighted by molar-refractivity contribution is -0.132. The van der Waals surface area contributed by atoms with Gasteiger partial charge in [-0.1, -0.05) is 66.7 Å². The third kappa shape index (κ3) is 4.37. The molecule has 0 bridgehead atoms. The highest BCUT2D eigenvalue weighted by molar-refractivity contribution is 6.25. The van der Waals surface area contributed by atoms with Gasteiger partial charge in [0.05, 0.1) is 0 Å². The first-order chi connectivity index (χ1) is 16.6. The molecule has 1 fully saturated rings. The van der Waals surface area contributed by atoms with Crippen LogP contribution in [0.25, 0.3) is 16.8 Å². The summed E-state index contributed by atoms with van der Waals surface area (Å²) in [6, 6.07) is 21.2. The fraction of sp³-hybridized carbons (Fsp3) is 0.250. The van der Waals surface area contributed by atoms with Crippen molar-refractivity contribution in [1.29, 1.82) is 0 Å². The first-order valence-corrected chi connectivity index (χ1v) is 11.7. The molecule has 3 amide bonds. The van der Waals surface area contributed by atoms with Gasteiger partial charge in [0.25, 0.3) is 11.8 Å². The zero-order chi connectivity index (χ0) is 23.5. The minimum Gasteiger partial charge on any atom is -0.340 e. The first-order valence-electron chi connectivity index (χ1n) is 11.7. The van der Waals surface area contributed by atoms with Crippen molar-refractivity contribution >= 4 is 34.6 Å². The number of nitrogens with zero attached hydrogens (tertiary/aromatic N) is 3. The Morgan fingerprint density at radius 3 is 2.09 bits per heavy atom. The van der Waals surface area contributed by atoms with Crippen LogP contribution in [0.1, 0.15) is 32.7 Å². The van der Waals surface area contributed by atoms with Crippen molar-refractivity contribution in [3.63, 3.8) is 0 Å². The summed E-state index contributed by atoms with van der Waals surface area (Å²) in [5, 5.41) is 1.59. The zero-order valence-electron chi connectivity index (χ0n) is 19.0. The predicted molar refractivity (Wildman–Crippen MR) is 132 cm³/mol. The highest BCUT2D eigenvalue weighted by Gasteiger charge is 2.33. The SMILES string of the molecule is O=C(CCN1C(=O)c2cccc3cccc(c23)C1=O)N1CCN(C/C=C/c2ccccc2)CC1. The van der Waals surface area contributed by atoms with Gasteiger partial charge < -0.3 is 4.90 Å². The fourth-order valence-corrected chi connectivity index (χ4v) is 4.73. The lowest BCUT2D eigenvalue weighted by Gasteiger charge is -2.34. The Balaban J connectivity index is 1.15. The van der Waals surface area contributed by atoms with E-state index in [0.717, 1.165) is 25.0 Å². The van der Waals surface area contributed by atoms with Crippen LogP contribution in [0.5, 0.6) is 0 Å². The molecule has 3 aromatic carbocycles. The number of carbonyl (C=O) groups is 3. The largest absolute Gasteiger partial charge is 0.340 e. The van der Waals surface area contributed by atoms with E-state index in [1.165, 1.54) is 10.5 Å². The minimum atomic E-state index is -0.322. The first kappa shape index (κ1) is 22.0. The lowest BCUT2D eigenvalue weighted by Crippen LogP contribution is -2.49. The topological polar surface area (TPSA) is 60.9 Å². The Morgan fingerprint density at radius 1 is 0.794 bits per heavy atom. The summed E-state index contributed by atoms with van der Waals surface area (Å²) < 4.78 is 0. The second kappa shape index (κ2) is 9.61. The summed E-state index contributed by atoms with van der Waals surface area (Å²) in [6.45, 7) is 3.87. The molecule has 172 valence electrons. The van der Waals surface area contributed by atoms with Crippen LogP contribution in [0.2, 0.25) is 0 Å². The zero-order valence-corrected chi connectivity index (χ0v) is 19.0. The Kier molecular flexibility index (Phi) is 6.23. The lowest BCUT2D eigenvalue weighted by atomic mass is 9.94. The normalized spacial score (nSPS) is 16.6. The maximum atomic E-state index is 13.0. The summed E-state index contributed by atoms with van der Waals surface area (Å²) in [5.41, 5.74) is 2.23. The maximum Gasteiger partial charge on any atom is 0.261 e. The van der Waals surface area contributed by atoms with E-state index >= 15 is 0 Å². The van der Waals surface area contributed by atoms with Crippen LogP contribution in [-0.4, -0.2) is 71.7 Å². The van der Waals surface area contributed by atoms with E-state index in [4.69, 9.17) is 0 Å². The van der Waals surface area contributed by atoms with Crippen LogP contribution in [0, 0.1) is 0 Å². The van der Waals surface area contributed by atoms with Gasteiger partial charge >= 0.3 is 0 Å². The molecule has 6 heteroatoms. The molecule has 2 aliphatic rings. The summed E-state index contributed by atoms with van der Waals surface area (Å²) in [4.78, 5) is 44.2. The van der Waals surface area contributed by atoms with Crippen LogP contribution in [-0.2, 0) is 4.79 Å². The molecule has 0 atom stereocenters. The Morgan fingerprint density at radius 2 is 1.44 bits per heavy atom. The summed E-state index contributed by atoms with van der Waals surface area (Å²) in [6.07, 6.45) is 4.41. The number of benzene rings is 3. The van der Waals surface area contributed by atoms with Gasteiger partial charge in [-0.3, -0.25) is 24.2 Å². The second-order valence-electron chi connectivity index (χ2n) is 8.72. The molecule has 2 aliphatic heterocycles. The molecule has 0 aromatic heterocycles. The minimum absolute atomic E-state index is 0.0165. The van der Waals surface area contributed by atoms with Crippen molar-refractivity contribution in [1.82, 2.24) is 14.7 Å². The smallest absolute Gasteiger partial charge is 0.261 e. The van der Waals surface area contributed by atoms with Gasteiger partial charge in [0.1, 0.15) is 0 Å². The van der Waals surface area contributed by atoms with E-state index in [0.29, 0.717) is 29.6 Å². The summed E-state index contributed by atoms with van der Waals surface area (Å²) in [7, 11) is 0. The van der Waals surface area contributed by atoms with Crippen molar-refractivity contribution < 1.29 is 14.4 Å². The molecule has 0 N–H and O–H groups in total. The van der Waals surface area contributed by atoms with Gasteiger partial charge in [0, 0.05) is 62.2 Å². The van der Waals surface area contributed by atoms with Gasteiger partial charge in [-0.25, -0.2) is 0 Å². The van der Waals surface area contributed by atoms with E-state index in [1.807, 2.05) is 47.4 Å². The average molecular weight is 454 g/mol. The summed E-state index contributed by atoms with van der Waals surface area (Å²) in [5.74, 6) is -0.661. The van der Waals surface area contributed by atoms with E-state index in [2.05, 4.69) is 29.2 Å². The molecule has 0 unspecified atom stereocenters. The molecule has 0 aliphatic carbocycles. The van der Waals surface area contributed by atoms with E-state index in [-0.39, 0.29) is 30.7 Å². The van der Waals surface area contributed by atoms with E-state index in [1.54, 1.807) is 12.1 Å². The monoisotopic (exact) mass is 453 g/mol. The molecule has 1 saturated heterocycles. The number of hydrogen-bond acceptors (Lipinski definition) is 4. The number of amides is 3. The highest BCUT2D eigenvalue weighted by atomic mass is 16.2. The molecule has 34 heavy (non-hydrogen) atoms. The quantitative estimate of drug-likeness (QED) is 0.534. The fourth-order valence-electron chi connectivity index (χ4n) is 4.73.